The molecule has 2 aliphatic carbocycles. The van der Waals surface area contributed by atoms with Gasteiger partial charge in [0.05, 0.1) is 5.41 Å². The summed E-state index contributed by atoms with van der Waals surface area (Å²) in [6, 6.07) is 0. The Morgan fingerprint density at radius 2 is 1.48 bits per heavy atom. The second kappa shape index (κ2) is 4.99. The molecular weight excluding hydrogens is 260 g/mol. The fourth-order valence-corrected chi connectivity index (χ4v) is 4.76. The van der Waals surface area contributed by atoms with E-state index in [4.69, 9.17) is 4.74 Å². The summed E-state index contributed by atoms with van der Waals surface area (Å²) in [6.45, 7) is 15.2. The molecule has 0 spiro atoms. The second-order valence-corrected chi connectivity index (χ2v) is 9.54. The van der Waals surface area contributed by atoms with Crippen LogP contribution in [0, 0.1) is 22.2 Å². The summed E-state index contributed by atoms with van der Waals surface area (Å²) in [5.41, 5.74) is -0.623. The minimum absolute atomic E-state index is 0.0376. The van der Waals surface area contributed by atoms with Gasteiger partial charge in [-0.3, -0.25) is 4.79 Å². The molecule has 0 amide bonds. The van der Waals surface area contributed by atoms with E-state index in [9.17, 15) is 4.79 Å². The van der Waals surface area contributed by atoms with Crippen LogP contribution in [0.15, 0.2) is 0 Å². The highest BCUT2D eigenvalue weighted by Gasteiger charge is 2.73. The third-order valence-electron chi connectivity index (χ3n) is 6.31. The average Bonchev–Trinajstić information content (AvgIpc) is 2.94. The SMILES string of the molecule is CC(C)(OC(=O)C1(C(C)(C)C)CC1(C)C)C1CCCCC1. The van der Waals surface area contributed by atoms with Gasteiger partial charge in [0.15, 0.2) is 0 Å². The van der Waals surface area contributed by atoms with Gasteiger partial charge in [0.25, 0.3) is 0 Å². The highest BCUT2D eigenvalue weighted by molar-refractivity contribution is 5.83. The van der Waals surface area contributed by atoms with Crippen molar-refractivity contribution in [1.29, 1.82) is 0 Å². The second-order valence-electron chi connectivity index (χ2n) is 9.54. The van der Waals surface area contributed by atoms with Crippen LogP contribution in [0.5, 0.6) is 0 Å². The summed E-state index contributed by atoms with van der Waals surface area (Å²) >= 11 is 0. The number of esters is 1. The molecular formula is C19H34O2. The van der Waals surface area contributed by atoms with Crippen molar-refractivity contribution in [3.63, 3.8) is 0 Å². The van der Waals surface area contributed by atoms with Crippen LogP contribution in [0.4, 0.5) is 0 Å². The van der Waals surface area contributed by atoms with Gasteiger partial charge < -0.3 is 4.74 Å². The maximum Gasteiger partial charge on any atom is 0.313 e. The van der Waals surface area contributed by atoms with Gasteiger partial charge >= 0.3 is 5.97 Å². The van der Waals surface area contributed by atoms with E-state index in [1.807, 2.05) is 0 Å². The number of ether oxygens (including phenoxy) is 1. The summed E-state index contributed by atoms with van der Waals surface area (Å²) in [6.07, 6.45) is 7.24. The first-order valence-electron chi connectivity index (χ1n) is 8.67. The molecule has 0 aromatic rings. The van der Waals surface area contributed by atoms with Crippen molar-refractivity contribution in [2.24, 2.45) is 22.2 Å². The van der Waals surface area contributed by atoms with E-state index in [-0.39, 0.29) is 27.8 Å². The van der Waals surface area contributed by atoms with Crippen LogP contribution in [-0.4, -0.2) is 11.6 Å². The number of rotatable bonds is 3. The molecule has 0 aromatic carbocycles. The van der Waals surface area contributed by atoms with Crippen LogP contribution >= 0.6 is 0 Å². The topological polar surface area (TPSA) is 26.3 Å². The molecule has 1 atom stereocenters. The van der Waals surface area contributed by atoms with Gasteiger partial charge in [0.2, 0.25) is 0 Å². The van der Waals surface area contributed by atoms with Gasteiger partial charge in [-0.05, 0) is 49.9 Å². The fraction of sp³-hybridized carbons (Fsp3) is 0.947. The van der Waals surface area contributed by atoms with Gasteiger partial charge in [0.1, 0.15) is 5.60 Å². The van der Waals surface area contributed by atoms with Crippen molar-refractivity contribution in [3.8, 4) is 0 Å². The summed E-state index contributed by atoms with van der Waals surface area (Å²) in [5, 5.41) is 0. The Hall–Kier alpha value is -0.530. The first kappa shape index (κ1) is 16.8. The molecule has 21 heavy (non-hydrogen) atoms. The van der Waals surface area contributed by atoms with Gasteiger partial charge in [-0.2, -0.15) is 0 Å². The monoisotopic (exact) mass is 294 g/mol. The van der Waals surface area contributed by atoms with Gasteiger partial charge in [-0.15, -0.1) is 0 Å². The van der Waals surface area contributed by atoms with E-state index in [2.05, 4.69) is 48.5 Å². The van der Waals surface area contributed by atoms with E-state index in [1.54, 1.807) is 0 Å². The molecule has 2 heteroatoms. The molecule has 0 saturated heterocycles. The summed E-state index contributed by atoms with van der Waals surface area (Å²) in [5.74, 6) is 0.560. The number of carbonyl (C=O) groups excluding carboxylic acids is 1. The zero-order valence-corrected chi connectivity index (χ0v) is 15.1. The van der Waals surface area contributed by atoms with Crippen molar-refractivity contribution in [2.45, 2.75) is 92.6 Å². The average molecular weight is 294 g/mol. The van der Waals surface area contributed by atoms with Gasteiger partial charge in [-0.25, -0.2) is 0 Å². The van der Waals surface area contributed by atoms with Crippen LogP contribution < -0.4 is 0 Å². The molecule has 0 N–H and O–H groups in total. The Morgan fingerprint density at radius 3 is 1.86 bits per heavy atom. The first-order valence-corrected chi connectivity index (χ1v) is 8.67. The highest BCUT2D eigenvalue weighted by Crippen LogP contribution is 2.72. The number of hydrogen-bond acceptors (Lipinski definition) is 2. The molecule has 2 saturated carbocycles. The van der Waals surface area contributed by atoms with Gasteiger partial charge in [0, 0.05) is 0 Å². The largest absolute Gasteiger partial charge is 0.459 e. The molecule has 2 aliphatic rings. The fourth-order valence-electron chi connectivity index (χ4n) is 4.76. The molecule has 1 unspecified atom stereocenters. The van der Waals surface area contributed by atoms with Crippen molar-refractivity contribution >= 4 is 5.97 Å². The molecule has 0 bridgehead atoms. The van der Waals surface area contributed by atoms with E-state index in [0.717, 1.165) is 6.42 Å². The Labute approximate surface area is 131 Å². The minimum Gasteiger partial charge on any atom is -0.459 e. The Morgan fingerprint density at radius 1 is 1.00 bits per heavy atom. The number of carbonyl (C=O) groups is 1. The molecule has 2 fully saturated rings. The quantitative estimate of drug-likeness (QED) is 0.656. The Balaban J connectivity index is 2.13. The lowest BCUT2D eigenvalue weighted by atomic mass is 9.72. The predicted molar refractivity (Wildman–Crippen MR) is 87.0 cm³/mol. The van der Waals surface area contributed by atoms with Crippen molar-refractivity contribution < 1.29 is 9.53 Å². The smallest absolute Gasteiger partial charge is 0.313 e. The molecule has 2 rings (SSSR count). The highest BCUT2D eigenvalue weighted by atomic mass is 16.6. The normalized spacial score (nSPS) is 30.0. The molecule has 0 aliphatic heterocycles. The molecule has 0 aromatic heterocycles. The third-order valence-corrected chi connectivity index (χ3v) is 6.31. The van der Waals surface area contributed by atoms with Crippen molar-refractivity contribution in [1.82, 2.24) is 0 Å². The Kier molecular flexibility index (Phi) is 4.00. The maximum absolute atomic E-state index is 13.0. The summed E-state index contributed by atoms with van der Waals surface area (Å²) in [7, 11) is 0. The van der Waals surface area contributed by atoms with Crippen molar-refractivity contribution in [3.05, 3.63) is 0 Å². The van der Waals surface area contributed by atoms with Gasteiger partial charge in [-0.1, -0.05) is 53.9 Å². The zero-order chi connectivity index (χ0) is 16.1. The minimum atomic E-state index is -0.325. The van der Waals surface area contributed by atoms with E-state index in [0.29, 0.717) is 5.92 Å². The van der Waals surface area contributed by atoms with Crippen LogP contribution in [0.2, 0.25) is 0 Å². The van der Waals surface area contributed by atoms with E-state index < -0.39 is 0 Å². The standard InChI is InChI=1S/C19H34O2/c1-16(2,3)19(13-17(19,4)5)15(20)21-18(6,7)14-11-9-8-10-12-14/h14H,8-13H2,1-7H3. The lowest BCUT2D eigenvalue weighted by Gasteiger charge is -2.40. The summed E-state index contributed by atoms with van der Waals surface area (Å²) in [4.78, 5) is 13.0. The van der Waals surface area contributed by atoms with E-state index in [1.165, 1.54) is 32.1 Å². The lowest BCUT2D eigenvalue weighted by molar-refractivity contribution is -0.176. The van der Waals surface area contributed by atoms with Crippen molar-refractivity contribution in [2.75, 3.05) is 0 Å². The van der Waals surface area contributed by atoms with E-state index >= 15 is 0 Å². The third kappa shape index (κ3) is 2.75. The van der Waals surface area contributed by atoms with Crippen LogP contribution in [0.25, 0.3) is 0 Å². The first-order chi connectivity index (χ1) is 9.44. The lowest BCUT2D eigenvalue weighted by Crippen LogP contribution is -2.44. The molecule has 2 nitrogen and oxygen atoms in total. The molecule has 0 radical (unpaired) electrons. The Bertz CT molecular complexity index is 408. The predicted octanol–water partition coefficient (Wildman–Crippen LogP) is 5.35. The van der Waals surface area contributed by atoms with Crippen LogP contribution in [0.3, 0.4) is 0 Å². The number of hydrogen-bond donors (Lipinski definition) is 0. The van der Waals surface area contributed by atoms with Crippen LogP contribution in [-0.2, 0) is 9.53 Å². The zero-order valence-electron chi connectivity index (χ0n) is 15.1. The maximum atomic E-state index is 13.0. The summed E-state index contributed by atoms with van der Waals surface area (Å²) < 4.78 is 6.13. The van der Waals surface area contributed by atoms with Crippen LogP contribution in [0.1, 0.15) is 87.0 Å². The molecule has 122 valence electrons. The molecule has 0 heterocycles.